The molecule has 92 valence electrons. The fourth-order valence-electron chi connectivity index (χ4n) is 1.24. The van der Waals surface area contributed by atoms with Gasteiger partial charge in [0.1, 0.15) is 11.4 Å². The molecule has 2 rings (SSSR count). The van der Waals surface area contributed by atoms with Gasteiger partial charge in [0.25, 0.3) is 5.91 Å². The van der Waals surface area contributed by atoms with Crippen molar-refractivity contribution in [1.29, 1.82) is 0 Å². The molecule has 0 saturated heterocycles. The summed E-state index contributed by atoms with van der Waals surface area (Å²) in [6.45, 7) is 0. The molecule has 0 aliphatic rings. The van der Waals surface area contributed by atoms with E-state index in [-0.39, 0.29) is 11.4 Å². The highest BCUT2D eigenvalue weighted by Crippen LogP contribution is 2.26. The molecule has 2 heterocycles. The fraction of sp³-hybridized carbons (Fsp3) is 0. The predicted octanol–water partition coefficient (Wildman–Crippen LogP) is 2.86. The first-order valence-electron chi connectivity index (χ1n) is 4.83. The minimum Gasteiger partial charge on any atom is -0.477 e. The summed E-state index contributed by atoms with van der Waals surface area (Å²) < 4.78 is 0.894. The molecule has 2 aromatic heterocycles. The van der Waals surface area contributed by atoms with Crippen molar-refractivity contribution < 1.29 is 14.7 Å². The van der Waals surface area contributed by atoms with E-state index < -0.39 is 11.9 Å². The number of anilines is 1. The number of hydrogen-bond acceptors (Lipinski definition) is 4. The van der Waals surface area contributed by atoms with Crippen LogP contribution in [0.5, 0.6) is 0 Å². The van der Waals surface area contributed by atoms with Gasteiger partial charge in [-0.2, -0.15) is 0 Å². The zero-order chi connectivity index (χ0) is 13.1. The maximum Gasteiger partial charge on any atom is 0.354 e. The lowest BCUT2D eigenvalue weighted by atomic mass is 10.3. The fourth-order valence-corrected chi connectivity index (χ4v) is 2.52. The van der Waals surface area contributed by atoms with Crippen LogP contribution < -0.4 is 5.32 Å². The molecule has 0 aliphatic carbocycles. The summed E-state index contributed by atoms with van der Waals surface area (Å²) in [6, 6.07) is 7.83. The number of nitrogens with zero attached hydrogens (tertiary/aromatic N) is 1. The second kappa shape index (κ2) is 5.28. The average Bonchev–Trinajstić information content (AvgIpc) is 2.75. The molecule has 0 spiro atoms. The molecule has 0 aliphatic heterocycles. The van der Waals surface area contributed by atoms with Crippen molar-refractivity contribution in [3.05, 3.63) is 45.5 Å². The van der Waals surface area contributed by atoms with Gasteiger partial charge in [0.2, 0.25) is 0 Å². The quantitative estimate of drug-likeness (QED) is 0.908. The van der Waals surface area contributed by atoms with Crippen LogP contribution in [0.3, 0.4) is 0 Å². The molecule has 5 nitrogen and oxygen atoms in total. The number of carbonyl (C=O) groups excluding carboxylic acids is 1. The number of aromatic carboxylic acids is 1. The highest BCUT2D eigenvalue weighted by molar-refractivity contribution is 9.11. The molecule has 0 unspecified atom stereocenters. The van der Waals surface area contributed by atoms with Gasteiger partial charge < -0.3 is 10.4 Å². The molecule has 1 amide bonds. The number of nitrogens with one attached hydrogen (secondary N) is 1. The van der Waals surface area contributed by atoms with E-state index in [9.17, 15) is 9.59 Å². The number of carboxylic acids is 1. The molecule has 0 atom stereocenters. The molecule has 0 bridgehead atoms. The number of amides is 1. The van der Waals surface area contributed by atoms with E-state index in [1.807, 2.05) is 0 Å². The van der Waals surface area contributed by atoms with Crippen LogP contribution in [-0.4, -0.2) is 22.0 Å². The number of carboxylic acid groups (broad SMARTS) is 1. The molecule has 0 aromatic carbocycles. The standard InChI is InChI=1S/C11H7BrN2O3S/c12-8-4-5-9(18-8)14-10(15)6-2-1-3-7(13-6)11(16)17/h1-5H,(H,14,15)(H,16,17). The third-order valence-electron chi connectivity index (χ3n) is 2.01. The molecule has 2 N–H and O–H groups in total. The molecule has 0 fully saturated rings. The number of halogens is 1. The average molecular weight is 327 g/mol. The van der Waals surface area contributed by atoms with Crippen LogP contribution in [-0.2, 0) is 0 Å². The van der Waals surface area contributed by atoms with E-state index in [0.29, 0.717) is 5.00 Å². The summed E-state index contributed by atoms with van der Waals surface area (Å²) in [7, 11) is 0. The van der Waals surface area contributed by atoms with Crippen molar-refractivity contribution in [3.8, 4) is 0 Å². The second-order valence-corrected chi connectivity index (χ2v) is 5.73. The molecular formula is C11H7BrN2O3S. The Morgan fingerprint density at radius 3 is 2.56 bits per heavy atom. The molecule has 0 radical (unpaired) electrons. The van der Waals surface area contributed by atoms with E-state index in [0.717, 1.165) is 3.79 Å². The first-order chi connectivity index (χ1) is 8.56. The molecule has 0 saturated carbocycles. The highest BCUT2D eigenvalue weighted by Gasteiger charge is 2.12. The van der Waals surface area contributed by atoms with Crippen molar-refractivity contribution in [3.63, 3.8) is 0 Å². The normalized spacial score (nSPS) is 10.1. The minimum absolute atomic E-state index is 0.0689. The van der Waals surface area contributed by atoms with Crippen LogP contribution in [0, 0.1) is 0 Å². The Bertz CT molecular complexity index is 612. The smallest absolute Gasteiger partial charge is 0.354 e. The predicted molar refractivity (Wildman–Crippen MR) is 71.2 cm³/mol. The summed E-state index contributed by atoms with van der Waals surface area (Å²) in [4.78, 5) is 26.3. The van der Waals surface area contributed by atoms with Gasteiger partial charge in [0.05, 0.1) is 8.79 Å². The van der Waals surface area contributed by atoms with Crippen molar-refractivity contribution in [1.82, 2.24) is 4.98 Å². The first-order valence-corrected chi connectivity index (χ1v) is 6.44. The van der Waals surface area contributed by atoms with Crippen molar-refractivity contribution in [2.75, 3.05) is 5.32 Å². The largest absolute Gasteiger partial charge is 0.477 e. The third-order valence-corrected chi connectivity index (χ3v) is 3.55. The number of thiophene rings is 1. The molecular weight excluding hydrogens is 320 g/mol. The van der Waals surface area contributed by atoms with Gasteiger partial charge in [-0.1, -0.05) is 6.07 Å². The van der Waals surface area contributed by atoms with Crippen molar-refractivity contribution >= 4 is 44.1 Å². The minimum atomic E-state index is -1.16. The number of hydrogen-bond donors (Lipinski definition) is 2. The summed E-state index contributed by atoms with van der Waals surface area (Å²) in [5.74, 6) is -1.60. The lowest BCUT2D eigenvalue weighted by molar-refractivity contribution is 0.0690. The third kappa shape index (κ3) is 2.93. The Morgan fingerprint density at radius 2 is 1.94 bits per heavy atom. The maximum atomic E-state index is 11.8. The lowest BCUT2D eigenvalue weighted by Crippen LogP contribution is -2.14. The highest BCUT2D eigenvalue weighted by atomic mass is 79.9. The topological polar surface area (TPSA) is 79.3 Å². The Morgan fingerprint density at radius 1 is 1.22 bits per heavy atom. The summed E-state index contributed by atoms with van der Waals surface area (Å²) >= 11 is 4.64. The van der Waals surface area contributed by atoms with Gasteiger partial charge in [-0.3, -0.25) is 4.79 Å². The van der Waals surface area contributed by atoms with Gasteiger partial charge in [-0.05, 0) is 40.2 Å². The monoisotopic (exact) mass is 326 g/mol. The van der Waals surface area contributed by atoms with Crippen LogP contribution in [0.2, 0.25) is 0 Å². The van der Waals surface area contributed by atoms with Crippen LogP contribution in [0.4, 0.5) is 5.00 Å². The summed E-state index contributed by atoms with van der Waals surface area (Å²) in [5, 5.41) is 12.1. The van der Waals surface area contributed by atoms with Gasteiger partial charge >= 0.3 is 5.97 Å². The van der Waals surface area contributed by atoms with Gasteiger partial charge in [0.15, 0.2) is 0 Å². The van der Waals surface area contributed by atoms with E-state index >= 15 is 0 Å². The maximum absolute atomic E-state index is 11.8. The Balaban J connectivity index is 2.18. The van der Waals surface area contributed by atoms with E-state index in [1.165, 1.54) is 29.5 Å². The van der Waals surface area contributed by atoms with Gasteiger partial charge in [-0.25, -0.2) is 9.78 Å². The van der Waals surface area contributed by atoms with E-state index in [2.05, 4.69) is 26.2 Å². The summed E-state index contributed by atoms with van der Waals surface area (Å²) in [5.41, 5.74) is -0.0885. The number of rotatable bonds is 3. The number of pyridine rings is 1. The van der Waals surface area contributed by atoms with Crippen LogP contribution >= 0.6 is 27.3 Å². The zero-order valence-corrected chi connectivity index (χ0v) is 11.3. The molecule has 2 aromatic rings. The van der Waals surface area contributed by atoms with Crippen LogP contribution in [0.25, 0.3) is 0 Å². The van der Waals surface area contributed by atoms with E-state index in [1.54, 1.807) is 12.1 Å². The summed E-state index contributed by atoms with van der Waals surface area (Å²) in [6.07, 6.45) is 0. The Labute approximate surface area is 115 Å². The van der Waals surface area contributed by atoms with Crippen molar-refractivity contribution in [2.45, 2.75) is 0 Å². The van der Waals surface area contributed by atoms with Crippen molar-refractivity contribution in [2.24, 2.45) is 0 Å². The van der Waals surface area contributed by atoms with Crippen LogP contribution in [0.1, 0.15) is 21.0 Å². The zero-order valence-electron chi connectivity index (χ0n) is 8.88. The number of aromatic nitrogens is 1. The van der Waals surface area contributed by atoms with Gasteiger partial charge in [0, 0.05) is 0 Å². The van der Waals surface area contributed by atoms with Gasteiger partial charge in [-0.15, -0.1) is 11.3 Å². The van der Waals surface area contributed by atoms with E-state index in [4.69, 9.17) is 5.11 Å². The first kappa shape index (κ1) is 12.7. The molecule has 7 heteroatoms. The molecule has 18 heavy (non-hydrogen) atoms. The second-order valence-electron chi connectivity index (χ2n) is 3.27. The lowest BCUT2D eigenvalue weighted by Gasteiger charge is -2.02. The van der Waals surface area contributed by atoms with Crippen LogP contribution in [0.15, 0.2) is 34.1 Å². The SMILES string of the molecule is O=C(O)c1cccc(C(=O)Nc2ccc(Br)s2)n1. The number of carbonyl (C=O) groups is 2. The Hall–Kier alpha value is -1.73. The Kier molecular flexibility index (Phi) is 3.73.